The van der Waals surface area contributed by atoms with E-state index in [0.29, 0.717) is 0 Å². The lowest BCUT2D eigenvalue weighted by molar-refractivity contribution is 0.102. The lowest BCUT2D eigenvalue weighted by Gasteiger charge is -2.40. The van der Waals surface area contributed by atoms with Crippen LogP contribution in [0.2, 0.25) is 0 Å². The zero-order valence-electron chi connectivity index (χ0n) is 12.6. The van der Waals surface area contributed by atoms with Gasteiger partial charge >= 0.3 is 0 Å². The van der Waals surface area contributed by atoms with E-state index < -0.39 is 0 Å². The second-order valence-corrected chi connectivity index (χ2v) is 7.03. The Morgan fingerprint density at radius 1 is 1.16 bits per heavy atom. The largest absolute Gasteiger partial charge is 0.329 e. The summed E-state index contributed by atoms with van der Waals surface area (Å²) in [5.74, 6) is 0. The number of nitrogens with zero attached hydrogens (tertiary/aromatic N) is 3. The average Bonchev–Trinajstić information content (AvgIpc) is 3.19. The van der Waals surface area contributed by atoms with Crippen LogP contribution in [0.4, 0.5) is 0 Å². The number of rotatable bonds is 3. The quantitative estimate of drug-likeness (QED) is 0.810. The Morgan fingerprint density at radius 3 is 2.63 bits per heavy atom. The molecule has 3 fully saturated rings. The van der Waals surface area contributed by atoms with E-state index in [4.69, 9.17) is 5.73 Å². The van der Waals surface area contributed by atoms with Crippen LogP contribution in [0.1, 0.15) is 32.6 Å². The fourth-order valence-electron chi connectivity index (χ4n) is 4.15. The summed E-state index contributed by atoms with van der Waals surface area (Å²) in [5, 5.41) is 0. The summed E-state index contributed by atoms with van der Waals surface area (Å²) in [7, 11) is 2.24. The second-order valence-electron chi connectivity index (χ2n) is 7.03. The van der Waals surface area contributed by atoms with Gasteiger partial charge in [-0.05, 0) is 46.2 Å². The van der Waals surface area contributed by atoms with Gasteiger partial charge in [-0.1, -0.05) is 0 Å². The lowest BCUT2D eigenvalue weighted by atomic mass is 9.93. The maximum Gasteiger partial charge on any atom is 0.0473 e. The van der Waals surface area contributed by atoms with Crippen LogP contribution in [-0.4, -0.2) is 78.6 Å². The second kappa shape index (κ2) is 5.32. The SMILES string of the molecule is CC1CC(CN)(N2CCCN(C)CC2)CN1C1CC1. The molecule has 2 aliphatic heterocycles. The van der Waals surface area contributed by atoms with E-state index in [9.17, 15) is 0 Å². The van der Waals surface area contributed by atoms with Crippen LogP contribution in [0.5, 0.6) is 0 Å². The zero-order valence-corrected chi connectivity index (χ0v) is 12.6. The Bertz CT molecular complexity index is 317. The predicted octanol–water partition coefficient (Wildman–Crippen LogP) is 0.578. The number of likely N-dealkylation sites (tertiary alicyclic amines) is 1. The number of hydrogen-bond donors (Lipinski definition) is 1. The van der Waals surface area contributed by atoms with Crippen LogP contribution >= 0.6 is 0 Å². The Morgan fingerprint density at radius 2 is 1.95 bits per heavy atom. The lowest BCUT2D eigenvalue weighted by Crippen LogP contribution is -2.56. The molecule has 2 saturated heterocycles. The molecule has 4 nitrogen and oxygen atoms in total. The molecule has 3 aliphatic rings. The number of nitrogens with two attached hydrogens (primary N) is 1. The van der Waals surface area contributed by atoms with Crippen molar-refractivity contribution in [3.63, 3.8) is 0 Å². The van der Waals surface area contributed by atoms with Gasteiger partial charge in [0.25, 0.3) is 0 Å². The van der Waals surface area contributed by atoms with Gasteiger partial charge in [0, 0.05) is 50.3 Å². The average molecular weight is 266 g/mol. The molecule has 0 radical (unpaired) electrons. The van der Waals surface area contributed by atoms with E-state index in [1.54, 1.807) is 0 Å². The molecule has 0 spiro atoms. The molecule has 0 amide bonds. The Hall–Kier alpha value is -0.160. The fraction of sp³-hybridized carbons (Fsp3) is 1.00. The van der Waals surface area contributed by atoms with Gasteiger partial charge in [0.1, 0.15) is 0 Å². The molecule has 2 unspecified atom stereocenters. The minimum absolute atomic E-state index is 0.257. The summed E-state index contributed by atoms with van der Waals surface area (Å²) in [5.41, 5.74) is 6.51. The Labute approximate surface area is 117 Å². The third-order valence-electron chi connectivity index (χ3n) is 5.50. The summed E-state index contributed by atoms with van der Waals surface area (Å²) in [6.45, 7) is 9.29. The summed E-state index contributed by atoms with van der Waals surface area (Å²) >= 11 is 0. The molecule has 0 aromatic heterocycles. The summed E-state index contributed by atoms with van der Waals surface area (Å²) < 4.78 is 0. The highest BCUT2D eigenvalue weighted by atomic mass is 15.3. The van der Waals surface area contributed by atoms with Gasteiger partial charge in [0.15, 0.2) is 0 Å². The smallest absolute Gasteiger partial charge is 0.0473 e. The topological polar surface area (TPSA) is 35.7 Å². The zero-order chi connectivity index (χ0) is 13.5. The van der Waals surface area contributed by atoms with Crippen molar-refractivity contribution in [2.24, 2.45) is 5.73 Å². The Balaban J connectivity index is 1.71. The third-order valence-corrected chi connectivity index (χ3v) is 5.50. The molecule has 19 heavy (non-hydrogen) atoms. The van der Waals surface area contributed by atoms with Crippen molar-refractivity contribution in [1.82, 2.24) is 14.7 Å². The highest BCUT2D eigenvalue weighted by Gasteiger charge is 2.49. The highest BCUT2D eigenvalue weighted by Crippen LogP contribution is 2.39. The van der Waals surface area contributed by atoms with E-state index in [2.05, 4.69) is 28.7 Å². The molecule has 2 N–H and O–H groups in total. The fourth-order valence-corrected chi connectivity index (χ4v) is 4.15. The van der Waals surface area contributed by atoms with E-state index in [1.165, 1.54) is 58.4 Å². The molecular formula is C15H30N4. The van der Waals surface area contributed by atoms with Gasteiger partial charge in [-0.2, -0.15) is 0 Å². The maximum absolute atomic E-state index is 6.25. The van der Waals surface area contributed by atoms with Crippen molar-refractivity contribution >= 4 is 0 Å². The summed E-state index contributed by atoms with van der Waals surface area (Å²) in [6.07, 6.45) is 5.38. The van der Waals surface area contributed by atoms with Crippen LogP contribution in [-0.2, 0) is 0 Å². The van der Waals surface area contributed by atoms with Crippen molar-refractivity contribution in [1.29, 1.82) is 0 Å². The van der Waals surface area contributed by atoms with Crippen LogP contribution < -0.4 is 5.73 Å². The van der Waals surface area contributed by atoms with Gasteiger partial charge in [0.05, 0.1) is 0 Å². The standard InChI is InChI=1S/C15H30N4/c1-13-10-15(11-16,12-19(13)14-4-5-14)18-7-3-6-17(2)8-9-18/h13-14H,3-12,16H2,1-2H3. The summed E-state index contributed by atoms with van der Waals surface area (Å²) in [6, 6.07) is 1.59. The molecular weight excluding hydrogens is 236 g/mol. The van der Waals surface area contributed by atoms with Gasteiger partial charge in [-0.3, -0.25) is 9.80 Å². The first-order valence-corrected chi connectivity index (χ1v) is 8.04. The number of likely N-dealkylation sites (N-methyl/N-ethyl adjacent to an activating group) is 1. The van der Waals surface area contributed by atoms with Crippen molar-refractivity contribution in [3.05, 3.63) is 0 Å². The van der Waals surface area contributed by atoms with Crippen LogP contribution in [0.15, 0.2) is 0 Å². The molecule has 2 heterocycles. The molecule has 0 aromatic carbocycles. The van der Waals surface area contributed by atoms with Crippen LogP contribution in [0.3, 0.4) is 0 Å². The van der Waals surface area contributed by atoms with Crippen molar-refractivity contribution in [2.75, 3.05) is 46.3 Å². The molecule has 3 rings (SSSR count). The van der Waals surface area contributed by atoms with Gasteiger partial charge in [-0.15, -0.1) is 0 Å². The monoisotopic (exact) mass is 266 g/mol. The van der Waals surface area contributed by atoms with E-state index in [1.807, 2.05) is 0 Å². The molecule has 0 bridgehead atoms. The van der Waals surface area contributed by atoms with Crippen LogP contribution in [0, 0.1) is 0 Å². The third kappa shape index (κ3) is 2.68. The van der Waals surface area contributed by atoms with E-state index >= 15 is 0 Å². The molecule has 1 saturated carbocycles. The van der Waals surface area contributed by atoms with Gasteiger partial charge in [-0.25, -0.2) is 0 Å². The molecule has 1 aliphatic carbocycles. The van der Waals surface area contributed by atoms with Crippen LogP contribution in [0.25, 0.3) is 0 Å². The molecule has 0 aromatic rings. The normalized spacial score (nSPS) is 39.6. The minimum Gasteiger partial charge on any atom is -0.329 e. The summed E-state index contributed by atoms with van der Waals surface area (Å²) in [4.78, 5) is 7.91. The molecule has 110 valence electrons. The minimum atomic E-state index is 0.257. The maximum atomic E-state index is 6.25. The first-order chi connectivity index (χ1) is 9.14. The number of hydrogen-bond acceptors (Lipinski definition) is 4. The first kappa shape index (κ1) is 13.8. The molecule has 2 atom stereocenters. The first-order valence-electron chi connectivity index (χ1n) is 8.04. The van der Waals surface area contributed by atoms with E-state index in [0.717, 1.165) is 18.6 Å². The predicted molar refractivity (Wildman–Crippen MR) is 79.3 cm³/mol. The molecule has 4 heteroatoms. The van der Waals surface area contributed by atoms with Crippen molar-refractivity contribution in [3.8, 4) is 0 Å². The highest BCUT2D eigenvalue weighted by molar-refractivity contribution is 5.07. The van der Waals surface area contributed by atoms with Gasteiger partial charge < -0.3 is 10.6 Å². The Kier molecular flexibility index (Phi) is 3.87. The van der Waals surface area contributed by atoms with Crippen molar-refractivity contribution < 1.29 is 0 Å². The van der Waals surface area contributed by atoms with Gasteiger partial charge in [0.2, 0.25) is 0 Å². The van der Waals surface area contributed by atoms with Crippen molar-refractivity contribution in [2.45, 2.75) is 50.2 Å². The van der Waals surface area contributed by atoms with E-state index in [-0.39, 0.29) is 5.54 Å².